The van der Waals surface area contributed by atoms with Gasteiger partial charge >= 0.3 is 0 Å². The summed E-state index contributed by atoms with van der Waals surface area (Å²) in [4.78, 5) is 14.5. The lowest BCUT2D eigenvalue weighted by atomic mass is 9.90. The van der Waals surface area contributed by atoms with Gasteiger partial charge in [-0.2, -0.15) is 0 Å². The van der Waals surface area contributed by atoms with Gasteiger partial charge in [-0.3, -0.25) is 4.79 Å². The number of carbonyl (C=O) groups excluding carboxylic acids is 1. The molecule has 21 heavy (non-hydrogen) atoms. The van der Waals surface area contributed by atoms with Crippen molar-refractivity contribution in [2.45, 2.75) is 51.1 Å². The first kappa shape index (κ1) is 15.8. The van der Waals surface area contributed by atoms with E-state index in [-0.39, 0.29) is 12.5 Å². The first-order valence-corrected chi connectivity index (χ1v) is 7.93. The summed E-state index contributed by atoms with van der Waals surface area (Å²) in [5.74, 6) is 0.828. The minimum Gasteiger partial charge on any atom is -0.484 e. The molecule has 4 heteroatoms. The third kappa shape index (κ3) is 4.74. The Balaban J connectivity index is 1.89. The Bertz CT molecular complexity index is 428. The molecule has 1 aromatic carbocycles. The molecule has 0 saturated heterocycles. The predicted octanol–water partition coefficient (Wildman–Crippen LogP) is 2.57. The van der Waals surface area contributed by atoms with E-state index in [4.69, 9.17) is 10.5 Å². The molecule has 2 rings (SSSR count). The van der Waals surface area contributed by atoms with Gasteiger partial charge in [0, 0.05) is 18.6 Å². The normalized spacial score (nSPS) is 21.8. The van der Waals surface area contributed by atoms with Crippen LogP contribution in [0.1, 0.15) is 39.0 Å². The van der Waals surface area contributed by atoms with E-state index in [0.717, 1.165) is 44.4 Å². The van der Waals surface area contributed by atoms with Crippen molar-refractivity contribution in [2.24, 2.45) is 5.73 Å². The minimum absolute atomic E-state index is 0.0844. The van der Waals surface area contributed by atoms with Gasteiger partial charge in [0.05, 0.1) is 0 Å². The summed E-state index contributed by atoms with van der Waals surface area (Å²) in [7, 11) is 0. The monoisotopic (exact) mass is 290 g/mol. The van der Waals surface area contributed by atoms with E-state index in [0.29, 0.717) is 12.1 Å². The Hall–Kier alpha value is -1.55. The molecule has 1 amide bonds. The quantitative estimate of drug-likeness (QED) is 0.876. The van der Waals surface area contributed by atoms with Crippen LogP contribution in [0.5, 0.6) is 5.75 Å². The van der Waals surface area contributed by atoms with Gasteiger partial charge in [0.25, 0.3) is 5.91 Å². The number of hydrogen-bond donors (Lipinski definition) is 1. The van der Waals surface area contributed by atoms with Crippen LogP contribution in [0.15, 0.2) is 30.3 Å². The molecule has 4 nitrogen and oxygen atoms in total. The third-order valence-corrected chi connectivity index (χ3v) is 4.07. The second kappa shape index (κ2) is 8.03. The van der Waals surface area contributed by atoms with Crippen molar-refractivity contribution in [1.82, 2.24) is 4.90 Å². The maximum atomic E-state index is 12.5. The Labute approximate surface area is 127 Å². The summed E-state index contributed by atoms with van der Waals surface area (Å²) >= 11 is 0. The fourth-order valence-corrected chi connectivity index (χ4v) is 2.91. The van der Waals surface area contributed by atoms with E-state index in [1.807, 2.05) is 35.2 Å². The summed E-state index contributed by atoms with van der Waals surface area (Å²) in [6, 6.07) is 10.1. The van der Waals surface area contributed by atoms with E-state index in [2.05, 4.69) is 6.92 Å². The minimum atomic E-state index is 0.0844. The third-order valence-electron chi connectivity index (χ3n) is 4.07. The van der Waals surface area contributed by atoms with Crippen LogP contribution in [0.25, 0.3) is 0 Å². The van der Waals surface area contributed by atoms with Gasteiger partial charge in [-0.25, -0.2) is 0 Å². The second-order valence-corrected chi connectivity index (χ2v) is 5.76. The lowest BCUT2D eigenvalue weighted by Gasteiger charge is -2.36. The molecular weight excluding hydrogens is 264 g/mol. The first-order valence-electron chi connectivity index (χ1n) is 7.93. The van der Waals surface area contributed by atoms with Crippen molar-refractivity contribution in [3.8, 4) is 5.75 Å². The number of amides is 1. The molecule has 1 aliphatic carbocycles. The van der Waals surface area contributed by atoms with Crippen LogP contribution in [0.2, 0.25) is 0 Å². The van der Waals surface area contributed by atoms with E-state index < -0.39 is 0 Å². The number of hydrogen-bond acceptors (Lipinski definition) is 3. The van der Waals surface area contributed by atoms with Gasteiger partial charge in [0.15, 0.2) is 6.61 Å². The van der Waals surface area contributed by atoms with E-state index in [1.165, 1.54) is 0 Å². The SMILES string of the molecule is CCCN(C(=O)COc1ccccc1)C1CCC(N)CC1. The highest BCUT2D eigenvalue weighted by atomic mass is 16.5. The van der Waals surface area contributed by atoms with Crippen molar-refractivity contribution in [1.29, 1.82) is 0 Å². The molecule has 1 fully saturated rings. The summed E-state index contributed by atoms with van der Waals surface area (Å²) < 4.78 is 5.59. The molecule has 0 aromatic heterocycles. The van der Waals surface area contributed by atoms with Crippen molar-refractivity contribution < 1.29 is 9.53 Å². The number of para-hydroxylation sites is 1. The van der Waals surface area contributed by atoms with E-state index >= 15 is 0 Å². The van der Waals surface area contributed by atoms with Crippen LogP contribution in [0.3, 0.4) is 0 Å². The summed E-state index contributed by atoms with van der Waals surface area (Å²) in [6.07, 6.45) is 5.02. The predicted molar refractivity (Wildman–Crippen MR) is 84.2 cm³/mol. The molecule has 0 spiro atoms. The first-order chi connectivity index (χ1) is 10.2. The van der Waals surface area contributed by atoms with Gasteiger partial charge in [0.1, 0.15) is 5.75 Å². The van der Waals surface area contributed by atoms with Gasteiger partial charge in [-0.1, -0.05) is 25.1 Å². The zero-order valence-electron chi connectivity index (χ0n) is 12.8. The Morgan fingerprint density at radius 1 is 1.24 bits per heavy atom. The summed E-state index contributed by atoms with van der Waals surface area (Å²) in [5, 5.41) is 0. The van der Waals surface area contributed by atoms with Crippen molar-refractivity contribution in [3.63, 3.8) is 0 Å². The Kier molecular flexibility index (Phi) is 6.05. The highest BCUT2D eigenvalue weighted by Gasteiger charge is 2.27. The average molecular weight is 290 g/mol. The molecule has 116 valence electrons. The Morgan fingerprint density at radius 3 is 2.52 bits per heavy atom. The molecule has 0 heterocycles. The second-order valence-electron chi connectivity index (χ2n) is 5.76. The molecule has 0 atom stereocenters. The van der Waals surface area contributed by atoms with Crippen LogP contribution in [0, 0.1) is 0 Å². The summed E-state index contributed by atoms with van der Waals surface area (Å²) in [6.45, 7) is 3.02. The maximum Gasteiger partial charge on any atom is 0.260 e. The van der Waals surface area contributed by atoms with Gasteiger partial charge in [0.2, 0.25) is 0 Å². The zero-order chi connectivity index (χ0) is 15.1. The average Bonchev–Trinajstić information content (AvgIpc) is 2.52. The van der Waals surface area contributed by atoms with Crippen LogP contribution in [-0.4, -0.2) is 36.0 Å². The topological polar surface area (TPSA) is 55.6 Å². The fraction of sp³-hybridized carbons (Fsp3) is 0.588. The fourth-order valence-electron chi connectivity index (χ4n) is 2.91. The van der Waals surface area contributed by atoms with Gasteiger partial charge in [-0.05, 0) is 44.2 Å². The van der Waals surface area contributed by atoms with Crippen molar-refractivity contribution in [3.05, 3.63) is 30.3 Å². The molecule has 1 aromatic rings. The van der Waals surface area contributed by atoms with Crippen LogP contribution in [0.4, 0.5) is 0 Å². The van der Waals surface area contributed by atoms with Gasteiger partial charge < -0.3 is 15.4 Å². The smallest absolute Gasteiger partial charge is 0.260 e. The van der Waals surface area contributed by atoms with Crippen molar-refractivity contribution >= 4 is 5.91 Å². The number of nitrogens with zero attached hydrogens (tertiary/aromatic N) is 1. The molecule has 1 saturated carbocycles. The molecule has 0 radical (unpaired) electrons. The molecule has 2 N–H and O–H groups in total. The number of ether oxygens (including phenoxy) is 1. The largest absolute Gasteiger partial charge is 0.484 e. The lowest BCUT2D eigenvalue weighted by molar-refractivity contribution is -0.136. The maximum absolute atomic E-state index is 12.5. The number of rotatable bonds is 6. The molecule has 0 aliphatic heterocycles. The number of carbonyl (C=O) groups is 1. The van der Waals surface area contributed by atoms with E-state index in [9.17, 15) is 4.79 Å². The Morgan fingerprint density at radius 2 is 1.90 bits per heavy atom. The molecule has 1 aliphatic rings. The van der Waals surface area contributed by atoms with E-state index in [1.54, 1.807) is 0 Å². The standard InChI is InChI=1S/C17H26N2O2/c1-2-12-19(15-10-8-14(18)9-11-15)17(20)13-21-16-6-4-3-5-7-16/h3-7,14-15H,2,8-13,18H2,1H3. The molecule has 0 unspecified atom stereocenters. The highest BCUT2D eigenvalue weighted by Crippen LogP contribution is 2.22. The number of nitrogens with two attached hydrogens (primary N) is 1. The molecular formula is C17H26N2O2. The zero-order valence-corrected chi connectivity index (χ0v) is 12.8. The van der Waals surface area contributed by atoms with Crippen molar-refractivity contribution in [2.75, 3.05) is 13.2 Å². The van der Waals surface area contributed by atoms with Crippen LogP contribution in [-0.2, 0) is 4.79 Å². The lowest BCUT2D eigenvalue weighted by Crippen LogP contribution is -2.46. The highest BCUT2D eigenvalue weighted by molar-refractivity contribution is 5.78. The molecule has 0 bridgehead atoms. The summed E-state index contributed by atoms with van der Waals surface area (Å²) in [5.41, 5.74) is 5.95. The number of benzene rings is 1. The van der Waals surface area contributed by atoms with Crippen LogP contribution >= 0.6 is 0 Å². The van der Waals surface area contributed by atoms with Crippen LogP contribution < -0.4 is 10.5 Å². The van der Waals surface area contributed by atoms with Gasteiger partial charge in [-0.15, -0.1) is 0 Å².